The third-order valence-electron chi connectivity index (χ3n) is 4.10. The first-order valence-electron chi connectivity index (χ1n) is 8.25. The lowest BCUT2D eigenvalue weighted by atomic mass is 10.1. The van der Waals surface area contributed by atoms with Crippen molar-refractivity contribution in [1.82, 2.24) is 15.1 Å². The van der Waals surface area contributed by atoms with E-state index in [0.29, 0.717) is 30.2 Å². The van der Waals surface area contributed by atoms with Gasteiger partial charge in [0.05, 0.1) is 26.3 Å². The number of amides is 1. The van der Waals surface area contributed by atoms with Crippen molar-refractivity contribution >= 4 is 5.91 Å². The molecule has 0 radical (unpaired) electrons. The molecule has 0 aliphatic rings. The topological polar surface area (TPSA) is 65.4 Å². The van der Waals surface area contributed by atoms with E-state index in [1.807, 2.05) is 41.2 Å². The molecule has 0 aliphatic carbocycles. The van der Waals surface area contributed by atoms with E-state index in [2.05, 4.69) is 10.4 Å². The van der Waals surface area contributed by atoms with Crippen molar-refractivity contribution in [3.05, 3.63) is 77.6 Å². The van der Waals surface area contributed by atoms with Crippen LogP contribution in [0.5, 0.6) is 11.5 Å². The predicted molar refractivity (Wildman–Crippen MR) is 98.5 cm³/mol. The first-order chi connectivity index (χ1) is 12.7. The Kier molecular flexibility index (Phi) is 5.53. The predicted octanol–water partition coefficient (Wildman–Crippen LogP) is 2.88. The zero-order chi connectivity index (χ0) is 18.4. The number of carbonyl (C=O) groups excluding carboxylic acids is 1. The van der Waals surface area contributed by atoms with Crippen molar-refractivity contribution in [2.75, 3.05) is 14.2 Å². The summed E-state index contributed by atoms with van der Waals surface area (Å²) in [6, 6.07) is 15.0. The van der Waals surface area contributed by atoms with Crippen molar-refractivity contribution in [3.63, 3.8) is 0 Å². The monoisotopic (exact) mass is 351 g/mol. The summed E-state index contributed by atoms with van der Waals surface area (Å²) in [6.45, 7) is 1.08. The number of hydrogen-bond donors (Lipinski definition) is 1. The summed E-state index contributed by atoms with van der Waals surface area (Å²) in [5.41, 5.74) is 2.62. The van der Waals surface area contributed by atoms with Gasteiger partial charge in [-0.2, -0.15) is 5.10 Å². The fourth-order valence-corrected chi connectivity index (χ4v) is 2.71. The van der Waals surface area contributed by atoms with Crippen molar-refractivity contribution in [2.24, 2.45) is 0 Å². The Bertz CT molecular complexity index is 876. The molecule has 1 heterocycles. The van der Waals surface area contributed by atoms with Crippen molar-refractivity contribution < 1.29 is 14.3 Å². The lowest BCUT2D eigenvalue weighted by molar-refractivity contribution is 0.0947. The highest BCUT2D eigenvalue weighted by Crippen LogP contribution is 2.24. The number of aromatic nitrogens is 2. The highest BCUT2D eigenvalue weighted by Gasteiger charge is 2.13. The Labute approximate surface area is 152 Å². The molecule has 0 spiro atoms. The molecule has 0 bridgehead atoms. The largest absolute Gasteiger partial charge is 0.497 e. The van der Waals surface area contributed by atoms with E-state index in [1.165, 1.54) is 7.11 Å². The smallest absolute Gasteiger partial charge is 0.255 e. The number of benzene rings is 2. The van der Waals surface area contributed by atoms with Crippen LogP contribution >= 0.6 is 0 Å². The second-order valence-corrected chi connectivity index (χ2v) is 5.72. The molecule has 26 heavy (non-hydrogen) atoms. The molecule has 0 unspecified atom stereocenters. The average molecular weight is 351 g/mol. The van der Waals surface area contributed by atoms with Crippen molar-refractivity contribution in [3.8, 4) is 11.5 Å². The van der Waals surface area contributed by atoms with Crippen LogP contribution in [-0.2, 0) is 13.1 Å². The van der Waals surface area contributed by atoms with Crippen LogP contribution in [0.15, 0.2) is 60.9 Å². The van der Waals surface area contributed by atoms with E-state index in [4.69, 9.17) is 9.47 Å². The Balaban J connectivity index is 1.72. The molecule has 3 rings (SSSR count). The minimum atomic E-state index is -0.196. The molecular formula is C20H21N3O3. The summed E-state index contributed by atoms with van der Waals surface area (Å²) in [6.07, 6.45) is 3.66. The van der Waals surface area contributed by atoms with Gasteiger partial charge in [-0.25, -0.2) is 0 Å². The Morgan fingerprint density at radius 3 is 2.58 bits per heavy atom. The molecule has 6 nitrogen and oxygen atoms in total. The van der Waals surface area contributed by atoms with E-state index in [0.717, 1.165) is 11.1 Å². The summed E-state index contributed by atoms with van der Waals surface area (Å²) in [5, 5.41) is 7.19. The van der Waals surface area contributed by atoms with Gasteiger partial charge in [0.2, 0.25) is 0 Å². The summed E-state index contributed by atoms with van der Waals surface area (Å²) in [4.78, 5) is 12.6. The van der Waals surface area contributed by atoms with Gasteiger partial charge < -0.3 is 14.8 Å². The fraction of sp³-hybridized carbons (Fsp3) is 0.200. The molecule has 6 heteroatoms. The Morgan fingerprint density at radius 2 is 1.88 bits per heavy atom. The van der Waals surface area contributed by atoms with Crippen LogP contribution in [0.25, 0.3) is 0 Å². The molecule has 0 saturated heterocycles. The zero-order valence-corrected chi connectivity index (χ0v) is 14.8. The summed E-state index contributed by atoms with van der Waals surface area (Å²) in [7, 11) is 3.11. The van der Waals surface area contributed by atoms with E-state index in [1.54, 1.807) is 31.5 Å². The van der Waals surface area contributed by atoms with Crippen molar-refractivity contribution in [2.45, 2.75) is 13.1 Å². The van der Waals surface area contributed by atoms with Gasteiger partial charge >= 0.3 is 0 Å². The molecule has 0 aliphatic heterocycles. The van der Waals surface area contributed by atoms with E-state index >= 15 is 0 Å². The van der Waals surface area contributed by atoms with Gasteiger partial charge in [0.1, 0.15) is 11.5 Å². The van der Waals surface area contributed by atoms with Crippen LogP contribution in [0, 0.1) is 0 Å². The lowest BCUT2D eigenvalue weighted by Crippen LogP contribution is -2.24. The minimum absolute atomic E-state index is 0.196. The molecule has 0 saturated carbocycles. The molecular weight excluding hydrogens is 330 g/mol. The number of carbonyl (C=O) groups is 1. The highest BCUT2D eigenvalue weighted by molar-refractivity contribution is 5.97. The number of rotatable bonds is 7. The van der Waals surface area contributed by atoms with Gasteiger partial charge in [-0.3, -0.25) is 9.48 Å². The molecule has 1 aromatic heterocycles. The number of methoxy groups -OCH3 is 2. The lowest BCUT2D eigenvalue weighted by Gasteiger charge is -2.13. The van der Waals surface area contributed by atoms with Gasteiger partial charge in [-0.05, 0) is 29.3 Å². The van der Waals surface area contributed by atoms with Crippen LogP contribution < -0.4 is 14.8 Å². The van der Waals surface area contributed by atoms with E-state index in [-0.39, 0.29) is 5.91 Å². The summed E-state index contributed by atoms with van der Waals surface area (Å²) >= 11 is 0. The summed E-state index contributed by atoms with van der Waals surface area (Å²) < 4.78 is 12.3. The molecule has 3 aromatic rings. The maximum absolute atomic E-state index is 12.6. The molecule has 134 valence electrons. The number of nitrogens with one attached hydrogen (secondary N) is 1. The third-order valence-corrected chi connectivity index (χ3v) is 4.10. The summed E-state index contributed by atoms with van der Waals surface area (Å²) in [5.74, 6) is 0.924. The van der Waals surface area contributed by atoms with E-state index in [9.17, 15) is 4.79 Å². The Hall–Kier alpha value is -3.28. The fourth-order valence-electron chi connectivity index (χ4n) is 2.71. The standard InChI is InChI=1S/C20H21N3O3/c1-25-17-8-9-18(19(12-17)26-2)20(24)21-13-15-6-3-4-7-16(15)14-23-11-5-10-22-23/h3-12H,13-14H2,1-2H3,(H,21,24). The molecule has 0 atom stereocenters. The van der Waals surface area contributed by atoms with Gasteiger partial charge in [-0.1, -0.05) is 24.3 Å². The van der Waals surface area contributed by atoms with Crippen LogP contribution in [-0.4, -0.2) is 29.9 Å². The second-order valence-electron chi connectivity index (χ2n) is 5.72. The molecule has 1 N–H and O–H groups in total. The van der Waals surface area contributed by atoms with Crippen LogP contribution in [0.2, 0.25) is 0 Å². The first-order valence-corrected chi connectivity index (χ1v) is 8.25. The average Bonchev–Trinajstić information content (AvgIpc) is 3.19. The van der Waals surface area contributed by atoms with Gasteiger partial charge in [0.25, 0.3) is 5.91 Å². The van der Waals surface area contributed by atoms with Crippen molar-refractivity contribution in [1.29, 1.82) is 0 Å². The number of hydrogen-bond acceptors (Lipinski definition) is 4. The maximum atomic E-state index is 12.6. The molecule has 0 fully saturated rings. The maximum Gasteiger partial charge on any atom is 0.255 e. The van der Waals surface area contributed by atoms with Gasteiger partial charge in [0.15, 0.2) is 0 Å². The minimum Gasteiger partial charge on any atom is -0.497 e. The SMILES string of the molecule is COc1ccc(C(=O)NCc2ccccc2Cn2cccn2)c(OC)c1. The number of nitrogens with zero attached hydrogens (tertiary/aromatic N) is 2. The zero-order valence-electron chi connectivity index (χ0n) is 14.8. The van der Waals surface area contributed by atoms with E-state index < -0.39 is 0 Å². The molecule has 2 aromatic carbocycles. The quantitative estimate of drug-likeness (QED) is 0.711. The number of ether oxygens (including phenoxy) is 2. The highest BCUT2D eigenvalue weighted by atomic mass is 16.5. The first kappa shape index (κ1) is 17.5. The van der Waals surface area contributed by atoms with Crippen LogP contribution in [0.4, 0.5) is 0 Å². The molecule has 1 amide bonds. The van der Waals surface area contributed by atoms with Crippen LogP contribution in [0.1, 0.15) is 21.5 Å². The third kappa shape index (κ3) is 4.03. The Morgan fingerprint density at radius 1 is 1.08 bits per heavy atom. The van der Waals surface area contributed by atoms with Crippen LogP contribution in [0.3, 0.4) is 0 Å². The van der Waals surface area contributed by atoms with Gasteiger partial charge in [0, 0.05) is 25.0 Å². The van der Waals surface area contributed by atoms with Gasteiger partial charge in [-0.15, -0.1) is 0 Å². The second kappa shape index (κ2) is 8.20. The normalized spacial score (nSPS) is 10.4.